The number of phenolic OH excluding ortho intramolecular Hbond substituents is 1. The number of aromatic nitrogens is 2. The van der Waals surface area contributed by atoms with Crippen LogP contribution in [0.5, 0.6) is 5.75 Å². The average Bonchev–Trinajstić information content (AvgIpc) is 3.81. The number of guanidine groups is 1. The highest BCUT2D eigenvalue weighted by Gasteiger charge is 2.32. The second-order valence-corrected chi connectivity index (χ2v) is 17.1. The van der Waals surface area contributed by atoms with E-state index in [9.17, 15) is 48.6 Å². The van der Waals surface area contributed by atoms with E-state index in [1.807, 2.05) is 27.7 Å². The number of aliphatic carboxylic acids is 1. The van der Waals surface area contributed by atoms with Gasteiger partial charge in [0.2, 0.25) is 41.4 Å². The number of carbonyl (C=O) groups is 8. The molecule has 24 nitrogen and oxygen atoms in total. The molecule has 0 saturated carbocycles. The largest absolute Gasteiger partial charge is 0.508 e. The Balaban J connectivity index is 2.29. The van der Waals surface area contributed by atoms with Crippen LogP contribution in [-0.2, 0) is 51.2 Å². The zero-order valence-corrected chi connectivity index (χ0v) is 39.5. The molecular formula is C44H72N14O10. The van der Waals surface area contributed by atoms with Crippen molar-refractivity contribution in [1.82, 2.24) is 47.2 Å². The van der Waals surface area contributed by atoms with Crippen LogP contribution in [0.25, 0.3) is 0 Å². The summed E-state index contributed by atoms with van der Waals surface area (Å²) in [7, 11) is 0. The number of nitrogens with zero attached hydrogens (tertiary/aromatic N) is 2. The van der Waals surface area contributed by atoms with Crippen LogP contribution in [0.3, 0.4) is 0 Å². The molecule has 68 heavy (non-hydrogen) atoms. The van der Waals surface area contributed by atoms with Crippen molar-refractivity contribution in [3.05, 3.63) is 48.0 Å². The molecule has 0 unspecified atom stereocenters. The van der Waals surface area contributed by atoms with Crippen LogP contribution in [0.2, 0.25) is 0 Å². The minimum Gasteiger partial charge on any atom is -0.508 e. The van der Waals surface area contributed by atoms with Crippen molar-refractivity contribution in [1.29, 1.82) is 0 Å². The lowest BCUT2D eigenvalue weighted by Gasteiger charge is -2.26. The number of nitrogens with two attached hydrogens (primary N) is 4. The molecule has 0 saturated heterocycles. The molecule has 1 aromatic carbocycles. The predicted octanol–water partition coefficient (Wildman–Crippen LogP) is -2.37. The third-order valence-electron chi connectivity index (χ3n) is 10.9. The topological polar surface area (TPSA) is 406 Å². The number of rotatable bonds is 31. The quantitative estimate of drug-likeness (QED) is 0.0213. The van der Waals surface area contributed by atoms with Crippen molar-refractivity contribution in [3.63, 3.8) is 0 Å². The van der Waals surface area contributed by atoms with Gasteiger partial charge in [0, 0.05) is 31.3 Å². The van der Waals surface area contributed by atoms with Crippen molar-refractivity contribution in [2.75, 3.05) is 19.6 Å². The molecule has 0 aliphatic carbocycles. The smallest absolute Gasteiger partial charge is 0.326 e. The molecule has 0 aliphatic rings. The molecule has 8 atom stereocenters. The lowest BCUT2D eigenvalue weighted by atomic mass is 9.97. The summed E-state index contributed by atoms with van der Waals surface area (Å²) >= 11 is 0. The maximum absolute atomic E-state index is 14.0. The summed E-state index contributed by atoms with van der Waals surface area (Å²) < 4.78 is 0. The fraction of sp³-hybridized carbons (Fsp3) is 0.591. The number of aromatic hydroxyl groups is 1. The zero-order chi connectivity index (χ0) is 50.9. The number of hydrogen-bond donors (Lipinski definition) is 14. The molecule has 2 aromatic rings. The molecule has 24 heteroatoms. The average molecular weight is 957 g/mol. The van der Waals surface area contributed by atoms with Gasteiger partial charge in [0.25, 0.3) is 0 Å². The first kappa shape index (κ1) is 57.3. The Morgan fingerprint density at radius 1 is 0.721 bits per heavy atom. The number of phenols is 1. The third kappa shape index (κ3) is 21.2. The number of hydrogen-bond acceptors (Lipinski definition) is 13. The predicted molar refractivity (Wildman–Crippen MR) is 252 cm³/mol. The molecule has 0 bridgehead atoms. The van der Waals surface area contributed by atoms with Gasteiger partial charge in [-0.3, -0.25) is 38.6 Å². The first-order valence-electron chi connectivity index (χ1n) is 22.7. The van der Waals surface area contributed by atoms with E-state index in [4.69, 9.17) is 22.9 Å². The van der Waals surface area contributed by atoms with Crippen molar-refractivity contribution in [3.8, 4) is 5.75 Å². The van der Waals surface area contributed by atoms with Crippen LogP contribution in [0, 0.1) is 11.8 Å². The maximum atomic E-state index is 14.0. The van der Waals surface area contributed by atoms with E-state index in [1.54, 1.807) is 0 Å². The molecule has 2 rings (SSSR count). The molecule has 1 heterocycles. The van der Waals surface area contributed by atoms with Gasteiger partial charge in [-0.2, -0.15) is 0 Å². The minimum absolute atomic E-state index is 0.0144. The molecular weight excluding hydrogens is 885 g/mol. The van der Waals surface area contributed by atoms with Gasteiger partial charge >= 0.3 is 5.97 Å². The summed E-state index contributed by atoms with van der Waals surface area (Å²) in [4.78, 5) is 117. The van der Waals surface area contributed by atoms with Crippen LogP contribution in [0.4, 0.5) is 0 Å². The van der Waals surface area contributed by atoms with Gasteiger partial charge in [0.15, 0.2) is 5.96 Å². The standard InChI is InChI=1S/C44H72N14O10/c1-6-25(4)36(46)42(66)58-32(18-24(2)3)38(62)51-22-35(60)54-34(20-28-21-49-23-52-28)41(65)55-30(11-9-17-50-44(47)48)39(63)53-26(5)37(61)57-33(19-27-12-14-29(59)15-13-27)40(64)56-31(43(67)68)10-7-8-16-45/h12-15,21,23-26,30-34,36,59H,6-11,16-20,22,45-46H2,1-5H3,(H,49,52)(H,51,62)(H,53,63)(H,54,60)(H,55,65)(H,56,64)(H,57,61)(H,58,66)(H,67,68)(H4,47,48,50)/t25-,26+,30+,31+,32+,33+,34-,36+/m0/s1. The van der Waals surface area contributed by atoms with Gasteiger partial charge in [-0.25, -0.2) is 9.78 Å². The SMILES string of the molecule is CC[C@H](C)[C@@H](N)C(=O)N[C@H](CC(C)C)C(=O)NCC(=O)N[C@@H](Cc1cnc[nH]1)C(=O)N[C@H](CCCN=C(N)N)C(=O)N[C@H](C)C(=O)N[C@H](Cc1ccc(O)cc1)C(=O)N[C@H](CCCCN)C(=O)O. The molecule has 0 aliphatic heterocycles. The normalized spacial score (nSPS) is 14.6. The first-order valence-corrected chi connectivity index (χ1v) is 22.7. The number of nitrogens with one attached hydrogen (secondary N) is 8. The summed E-state index contributed by atoms with van der Waals surface area (Å²) in [6.07, 6.45) is 4.57. The highest BCUT2D eigenvalue weighted by Crippen LogP contribution is 2.13. The molecule has 1 aromatic heterocycles. The Labute approximate surface area is 396 Å². The Morgan fingerprint density at radius 3 is 1.88 bits per heavy atom. The lowest BCUT2D eigenvalue weighted by Crippen LogP contribution is -2.59. The molecule has 0 radical (unpaired) electrons. The number of imidazole rings is 1. The first-order chi connectivity index (χ1) is 32.1. The molecule has 0 spiro atoms. The Bertz CT molecular complexity index is 1980. The second-order valence-electron chi connectivity index (χ2n) is 17.1. The number of aromatic amines is 1. The number of amides is 7. The van der Waals surface area contributed by atoms with Gasteiger partial charge < -0.3 is 75.3 Å². The summed E-state index contributed by atoms with van der Waals surface area (Å²) in [6, 6.07) is -2.66. The van der Waals surface area contributed by atoms with Crippen LogP contribution in [-0.4, -0.2) is 135 Å². The molecule has 378 valence electrons. The Kier molecular flexibility index (Phi) is 25.1. The minimum atomic E-state index is -1.34. The highest BCUT2D eigenvalue weighted by molar-refractivity contribution is 5.97. The number of carbonyl (C=O) groups excluding carboxylic acids is 7. The van der Waals surface area contributed by atoms with E-state index < -0.39 is 96.2 Å². The fourth-order valence-corrected chi connectivity index (χ4v) is 6.67. The van der Waals surface area contributed by atoms with Crippen LogP contribution >= 0.6 is 0 Å². The highest BCUT2D eigenvalue weighted by atomic mass is 16.4. The fourth-order valence-electron chi connectivity index (χ4n) is 6.67. The number of unbranched alkanes of at least 4 members (excludes halogenated alkanes) is 1. The Hall–Kier alpha value is -6.82. The molecule has 0 fully saturated rings. The van der Waals surface area contributed by atoms with Crippen LogP contribution in [0.1, 0.15) is 90.8 Å². The molecule has 7 amide bonds. The van der Waals surface area contributed by atoms with E-state index >= 15 is 0 Å². The van der Waals surface area contributed by atoms with Gasteiger partial charge in [0.05, 0.1) is 18.9 Å². The maximum Gasteiger partial charge on any atom is 0.326 e. The summed E-state index contributed by atoms with van der Waals surface area (Å²) in [6.45, 7) is 8.57. The van der Waals surface area contributed by atoms with E-state index in [2.05, 4.69) is 52.2 Å². The number of aliphatic imine (C=N–C) groups is 1. The van der Waals surface area contributed by atoms with E-state index in [0.29, 0.717) is 37.1 Å². The number of benzene rings is 1. The lowest BCUT2D eigenvalue weighted by molar-refractivity contribution is -0.142. The van der Waals surface area contributed by atoms with E-state index in [-0.39, 0.29) is 68.6 Å². The monoisotopic (exact) mass is 957 g/mol. The van der Waals surface area contributed by atoms with Gasteiger partial charge in [0.1, 0.15) is 42.0 Å². The zero-order valence-electron chi connectivity index (χ0n) is 39.5. The number of carboxylic acids is 1. The number of carboxylic acid groups (broad SMARTS) is 1. The Morgan fingerprint density at radius 2 is 1.31 bits per heavy atom. The molecule has 18 N–H and O–H groups in total. The van der Waals surface area contributed by atoms with Gasteiger partial charge in [-0.1, -0.05) is 46.2 Å². The summed E-state index contributed by atoms with van der Waals surface area (Å²) in [5, 5.41) is 37.6. The van der Waals surface area contributed by atoms with E-state index in [1.165, 1.54) is 43.7 Å². The van der Waals surface area contributed by atoms with Crippen molar-refractivity contribution < 1.29 is 48.6 Å². The van der Waals surface area contributed by atoms with E-state index in [0.717, 1.165) is 0 Å². The van der Waals surface area contributed by atoms with Crippen molar-refractivity contribution in [2.24, 2.45) is 39.8 Å². The van der Waals surface area contributed by atoms with Gasteiger partial charge in [-0.05, 0) is 81.5 Å². The van der Waals surface area contributed by atoms with Crippen LogP contribution < -0.4 is 60.2 Å². The second kappa shape index (κ2) is 29.7. The van der Waals surface area contributed by atoms with Crippen LogP contribution in [0.15, 0.2) is 41.8 Å². The summed E-state index contributed by atoms with van der Waals surface area (Å²) in [5.41, 5.74) is 23.5. The third-order valence-corrected chi connectivity index (χ3v) is 10.9. The van der Waals surface area contributed by atoms with Crippen molar-refractivity contribution in [2.45, 2.75) is 135 Å². The van der Waals surface area contributed by atoms with Crippen molar-refractivity contribution >= 4 is 53.3 Å². The number of H-pyrrole nitrogens is 1. The van der Waals surface area contributed by atoms with Gasteiger partial charge in [-0.15, -0.1) is 0 Å². The summed E-state index contributed by atoms with van der Waals surface area (Å²) in [5.74, 6) is -6.94.